The number of hydrogen-bond donors (Lipinski definition) is 0. The second-order valence-electron chi connectivity index (χ2n) is 3.77. The number of ether oxygens (including phenoxy) is 1. The Labute approximate surface area is 109 Å². The first-order valence-corrected chi connectivity index (χ1v) is 5.57. The molecule has 0 aliphatic carbocycles. The van der Waals surface area contributed by atoms with Crippen LogP contribution in [0.25, 0.3) is 11.1 Å². The SMILES string of the molecule is O=CC(=O)C(=O)Oc1cccc(-c2ccccc2)c1. The van der Waals surface area contributed by atoms with Crippen LogP contribution in [0.1, 0.15) is 0 Å². The standard InChI is InChI=1S/C15H10O4/c16-10-14(17)15(18)19-13-8-4-7-12(9-13)11-5-2-1-3-6-11/h1-10H. The van der Waals surface area contributed by atoms with Crippen LogP contribution in [0.4, 0.5) is 0 Å². The van der Waals surface area contributed by atoms with Crippen LogP contribution in [0.15, 0.2) is 54.6 Å². The monoisotopic (exact) mass is 254 g/mol. The molecule has 0 aliphatic heterocycles. The summed E-state index contributed by atoms with van der Waals surface area (Å²) in [5.41, 5.74) is 1.81. The summed E-state index contributed by atoms with van der Waals surface area (Å²) >= 11 is 0. The lowest BCUT2D eigenvalue weighted by Gasteiger charge is -2.05. The summed E-state index contributed by atoms with van der Waals surface area (Å²) in [4.78, 5) is 32.2. The summed E-state index contributed by atoms with van der Waals surface area (Å²) in [6, 6.07) is 16.2. The summed E-state index contributed by atoms with van der Waals surface area (Å²) in [6.07, 6.45) is -0.0661. The van der Waals surface area contributed by atoms with E-state index in [2.05, 4.69) is 0 Å². The van der Waals surface area contributed by atoms with Gasteiger partial charge in [0.1, 0.15) is 5.75 Å². The van der Waals surface area contributed by atoms with E-state index in [0.29, 0.717) is 0 Å². The number of hydrogen-bond acceptors (Lipinski definition) is 4. The fourth-order valence-corrected chi connectivity index (χ4v) is 1.58. The molecule has 0 aromatic heterocycles. The van der Waals surface area contributed by atoms with Gasteiger partial charge in [-0.2, -0.15) is 0 Å². The largest absolute Gasteiger partial charge is 0.420 e. The number of carbonyl (C=O) groups is 3. The average molecular weight is 254 g/mol. The molecular formula is C15H10O4. The van der Waals surface area contributed by atoms with Crippen molar-refractivity contribution in [1.82, 2.24) is 0 Å². The topological polar surface area (TPSA) is 60.4 Å². The summed E-state index contributed by atoms with van der Waals surface area (Å²) in [6.45, 7) is 0. The van der Waals surface area contributed by atoms with Crippen molar-refractivity contribution < 1.29 is 19.1 Å². The third kappa shape index (κ3) is 3.13. The highest BCUT2D eigenvalue weighted by Gasteiger charge is 2.15. The van der Waals surface area contributed by atoms with Crippen molar-refractivity contribution in [3.63, 3.8) is 0 Å². The van der Waals surface area contributed by atoms with E-state index in [1.807, 2.05) is 36.4 Å². The number of benzene rings is 2. The summed E-state index contributed by atoms with van der Waals surface area (Å²) in [5, 5.41) is 0. The van der Waals surface area contributed by atoms with Gasteiger partial charge in [0, 0.05) is 0 Å². The number of ketones is 1. The second-order valence-corrected chi connectivity index (χ2v) is 3.77. The van der Waals surface area contributed by atoms with Gasteiger partial charge in [-0.25, -0.2) is 4.79 Å². The Morgan fingerprint density at radius 1 is 0.895 bits per heavy atom. The highest BCUT2D eigenvalue weighted by atomic mass is 16.5. The molecule has 0 heterocycles. The van der Waals surface area contributed by atoms with E-state index < -0.39 is 11.8 Å². The number of esters is 1. The Morgan fingerprint density at radius 3 is 2.26 bits per heavy atom. The number of Topliss-reactive ketones (excluding diaryl/α,β-unsaturated/α-hetero) is 1. The number of carbonyl (C=O) groups excluding carboxylic acids is 3. The second kappa shape index (κ2) is 5.73. The molecule has 0 fully saturated rings. The molecule has 0 bridgehead atoms. The third-order valence-corrected chi connectivity index (χ3v) is 2.46. The first-order valence-electron chi connectivity index (χ1n) is 5.57. The molecule has 0 atom stereocenters. The van der Waals surface area contributed by atoms with E-state index in [1.54, 1.807) is 18.2 Å². The van der Waals surface area contributed by atoms with Gasteiger partial charge in [-0.1, -0.05) is 42.5 Å². The molecule has 0 unspecified atom stereocenters. The van der Waals surface area contributed by atoms with Gasteiger partial charge in [-0.15, -0.1) is 0 Å². The van der Waals surface area contributed by atoms with Gasteiger partial charge < -0.3 is 4.74 Å². The van der Waals surface area contributed by atoms with Crippen LogP contribution in [-0.4, -0.2) is 18.0 Å². The van der Waals surface area contributed by atoms with Crippen LogP contribution < -0.4 is 4.74 Å². The van der Waals surface area contributed by atoms with Crippen LogP contribution in [0.3, 0.4) is 0 Å². The molecule has 2 aromatic carbocycles. The normalized spacial score (nSPS) is 9.68. The molecule has 2 rings (SSSR count). The maximum absolute atomic E-state index is 11.2. The highest BCUT2D eigenvalue weighted by Crippen LogP contribution is 2.23. The molecule has 2 aromatic rings. The Bertz CT molecular complexity index is 617. The van der Waals surface area contributed by atoms with E-state index in [0.717, 1.165) is 11.1 Å². The van der Waals surface area contributed by atoms with Crippen molar-refractivity contribution in [3.8, 4) is 16.9 Å². The summed E-state index contributed by atoms with van der Waals surface area (Å²) in [7, 11) is 0. The molecule has 0 N–H and O–H groups in total. The number of rotatable bonds is 4. The van der Waals surface area contributed by atoms with Crippen molar-refractivity contribution in [2.24, 2.45) is 0 Å². The molecule has 94 valence electrons. The third-order valence-electron chi connectivity index (χ3n) is 2.46. The van der Waals surface area contributed by atoms with E-state index in [-0.39, 0.29) is 12.0 Å². The Hall–Kier alpha value is -2.75. The average Bonchev–Trinajstić information content (AvgIpc) is 2.47. The van der Waals surface area contributed by atoms with Crippen molar-refractivity contribution in [2.45, 2.75) is 0 Å². The zero-order valence-electron chi connectivity index (χ0n) is 9.91. The van der Waals surface area contributed by atoms with Crippen molar-refractivity contribution in [3.05, 3.63) is 54.6 Å². The smallest absolute Gasteiger partial charge is 0.387 e. The van der Waals surface area contributed by atoms with Gasteiger partial charge in [0.2, 0.25) is 0 Å². The Kier molecular flexibility index (Phi) is 3.83. The molecule has 0 spiro atoms. The Morgan fingerprint density at radius 2 is 1.58 bits per heavy atom. The van der Waals surface area contributed by atoms with Crippen LogP contribution >= 0.6 is 0 Å². The fraction of sp³-hybridized carbons (Fsp3) is 0. The van der Waals surface area contributed by atoms with Gasteiger partial charge in [0.05, 0.1) is 0 Å². The van der Waals surface area contributed by atoms with Crippen molar-refractivity contribution in [1.29, 1.82) is 0 Å². The molecular weight excluding hydrogens is 244 g/mol. The quantitative estimate of drug-likeness (QED) is 0.275. The minimum Gasteiger partial charge on any atom is -0.420 e. The molecule has 4 nitrogen and oxygen atoms in total. The van der Waals surface area contributed by atoms with Gasteiger partial charge in [-0.05, 0) is 23.3 Å². The van der Waals surface area contributed by atoms with Crippen LogP contribution in [-0.2, 0) is 14.4 Å². The lowest BCUT2D eigenvalue weighted by Crippen LogP contribution is -2.21. The minimum absolute atomic E-state index is 0.0661. The van der Waals surface area contributed by atoms with Gasteiger partial charge >= 0.3 is 11.8 Å². The molecule has 0 saturated heterocycles. The van der Waals surface area contributed by atoms with Crippen LogP contribution in [0.2, 0.25) is 0 Å². The van der Waals surface area contributed by atoms with Crippen molar-refractivity contribution in [2.75, 3.05) is 0 Å². The molecule has 0 aliphatic rings. The maximum atomic E-state index is 11.2. The summed E-state index contributed by atoms with van der Waals surface area (Å²) < 4.78 is 4.81. The maximum Gasteiger partial charge on any atom is 0.387 e. The van der Waals surface area contributed by atoms with E-state index >= 15 is 0 Å². The first kappa shape index (κ1) is 12.7. The molecule has 0 radical (unpaired) electrons. The van der Waals surface area contributed by atoms with E-state index in [1.165, 1.54) is 0 Å². The highest BCUT2D eigenvalue weighted by molar-refractivity contribution is 6.55. The fourth-order valence-electron chi connectivity index (χ4n) is 1.58. The molecule has 4 heteroatoms. The predicted octanol–water partition coefficient (Wildman–Crippen LogP) is 2.03. The van der Waals surface area contributed by atoms with Crippen LogP contribution in [0.5, 0.6) is 5.75 Å². The zero-order chi connectivity index (χ0) is 13.7. The molecule has 19 heavy (non-hydrogen) atoms. The lowest BCUT2D eigenvalue weighted by molar-refractivity contribution is -0.148. The number of aldehydes is 1. The Balaban J connectivity index is 2.23. The predicted molar refractivity (Wildman–Crippen MR) is 68.6 cm³/mol. The zero-order valence-corrected chi connectivity index (χ0v) is 9.91. The van der Waals surface area contributed by atoms with Gasteiger partial charge in [0.25, 0.3) is 0 Å². The van der Waals surface area contributed by atoms with Crippen LogP contribution in [0, 0.1) is 0 Å². The van der Waals surface area contributed by atoms with E-state index in [9.17, 15) is 14.4 Å². The lowest BCUT2D eigenvalue weighted by atomic mass is 10.1. The molecule has 0 saturated carbocycles. The van der Waals surface area contributed by atoms with Gasteiger partial charge in [-0.3, -0.25) is 9.59 Å². The van der Waals surface area contributed by atoms with E-state index in [4.69, 9.17) is 4.74 Å². The van der Waals surface area contributed by atoms with Gasteiger partial charge in [0.15, 0.2) is 6.29 Å². The minimum atomic E-state index is -1.20. The molecule has 0 amide bonds. The first-order chi connectivity index (χ1) is 9.20. The van der Waals surface area contributed by atoms with Crippen molar-refractivity contribution >= 4 is 18.0 Å². The summed E-state index contributed by atoms with van der Waals surface area (Å²) in [5.74, 6) is -2.16.